The normalized spacial score (nSPS) is 13.2. The molecule has 1 heterocycles. The summed E-state index contributed by atoms with van der Waals surface area (Å²) in [7, 11) is 0. The fraction of sp³-hybridized carbons (Fsp3) is 0.250. The molecule has 2 aromatic carbocycles. The van der Waals surface area contributed by atoms with Crippen LogP contribution >= 0.6 is 15.9 Å². The summed E-state index contributed by atoms with van der Waals surface area (Å²) >= 11 is 3.56. The molecule has 0 amide bonds. The van der Waals surface area contributed by atoms with Crippen LogP contribution in [0.15, 0.2) is 46.9 Å². The molecule has 104 valence electrons. The van der Waals surface area contributed by atoms with E-state index >= 15 is 0 Å². The van der Waals surface area contributed by atoms with Crippen molar-refractivity contribution in [2.75, 3.05) is 13.2 Å². The van der Waals surface area contributed by atoms with Gasteiger partial charge in [-0.3, -0.25) is 0 Å². The average molecular weight is 334 g/mol. The van der Waals surface area contributed by atoms with Gasteiger partial charge in [-0.2, -0.15) is 0 Å². The number of nitrogens with one attached hydrogen (secondary N) is 1. The smallest absolute Gasteiger partial charge is 0.165 e. The van der Waals surface area contributed by atoms with E-state index in [9.17, 15) is 0 Å². The molecule has 2 aromatic rings. The predicted octanol–water partition coefficient (Wildman–Crippen LogP) is 3.51. The van der Waals surface area contributed by atoms with E-state index in [1.165, 1.54) is 5.56 Å². The number of hydrogen-bond acceptors (Lipinski definition) is 3. The van der Waals surface area contributed by atoms with Crippen molar-refractivity contribution in [2.24, 2.45) is 0 Å². The van der Waals surface area contributed by atoms with Crippen LogP contribution in [0, 0.1) is 0 Å². The van der Waals surface area contributed by atoms with Crippen LogP contribution < -0.4 is 14.8 Å². The van der Waals surface area contributed by atoms with Gasteiger partial charge in [0, 0.05) is 23.1 Å². The second-order valence-corrected chi connectivity index (χ2v) is 5.49. The maximum absolute atomic E-state index is 5.71. The Labute approximate surface area is 127 Å². The minimum absolute atomic E-state index is 0.619. The van der Waals surface area contributed by atoms with Crippen LogP contribution in [0.25, 0.3) is 0 Å². The molecular formula is C16H16BrNO2. The molecule has 0 aromatic heterocycles. The van der Waals surface area contributed by atoms with E-state index < -0.39 is 0 Å². The molecule has 0 saturated carbocycles. The maximum Gasteiger partial charge on any atom is 0.165 e. The third kappa shape index (κ3) is 2.97. The standard InChI is InChI=1S/C16H16BrNO2/c17-14-6-2-1-4-12(14)10-18-11-13-5-3-7-15-16(13)20-9-8-19-15/h1-7,18H,8-11H2. The minimum Gasteiger partial charge on any atom is -0.486 e. The lowest BCUT2D eigenvalue weighted by Crippen LogP contribution is -2.19. The van der Waals surface area contributed by atoms with Crippen molar-refractivity contribution in [1.82, 2.24) is 5.32 Å². The monoisotopic (exact) mass is 333 g/mol. The first-order chi connectivity index (χ1) is 9.84. The molecular weight excluding hydrogens is 318 g/mol. The molecule has 0 aliphatic carbocycles. The lowest BCUT2D eigenvalue weighted by atomic mass is 10.1. The summed E-state index contributed by atoms with van der Waals surface area (Å²) in [5, 5.41) is 3.44. The van der Waals surface area contributed by atoms with E-state index in [1.807, 2.05) is 24.3 Å². The van der Waals surface area contributed by atoms with Crippen molar-refractivity contribution in [3.8, 4) is 11.5 Å². The highest BCUT2D eigenvalue weighted by Gasteiger charge is 2.14. The topological polar surface area (TPSA) is 30.5 Å². The number of fused-ring (bicyclic) bond motifs is 1. The maximum atomic E-state index is 5.71. The summed E-state index contributed by atoms with van der Waals surface area (Å²) in [6, 6.07) is 14.3. The lowest BCUT2D eigenvalue weighted by molar-refractivity contribution is 0.169. The SMILES string of the molecule is Brc1ccccc1CNCc1cccc2c1OCCO2. The quantitative estimate of drug-likeness (QED) is 0.928. The summed E-state index contributed by atoms with van der Waals surface area (Å²) in [6.07, 6.45) is 0. The number of ether oxygens (including phenoxy) is 2. The van der Waals surface area contributed by atoms with Gasteiger partial charge >= 0.3 is 0 Å². The van der Waals surface area contributed by atoms with Crippen molar-refractivity contribution in [2.45, 2.75) is 13.1 Å². The highest BCUT2D eigenvalue weighted by molar-refractivity contribution is 9.10. The van der Waals surface area contributed by atoms with Gasteiger partial charge in [-0.05, 0) is 17.7 Å². The van der Waals surface area contributed by atoms with E-state index in [0.717, 1.165) is 34.6 Å². The Morgan fingerprint density at radius 2 is 1.65 bits per heavy atom. The first kappa shape index (κ1) is 13.5. The first-order valence-electron chi connectivity index (χ1n) is 6.66. The van der Waals surface area contributed by atoms with Crippen LogP contribution in [0.2, 0.25) is 0 Å². The number of para-hydroxylation sites is 1. The zero-order valence-electron chi connectivity index (χ0n) is 11.1. The molecule has 0 unspecified atom stereocenters. The van der Waals surface area contributed by atoms with E-state index in [-0.39, 0.29) is 0 Å². The molecule has 0 radical (unpaired) electrons. The van der Waals surface area contributed by atoms with Gasteiger partial charge in [0.05, 0.1) is 0 Å². The summed E-state index contributed by atoms with van der Waals surface area (Å²) in [5.74, 6) is 1.72. The Kier molecular flexibility index (Phi) is 4.23. The van der Waals surface area contributed by atoms with Crippen LogP contribution in [0.1, 0.15) is 11.1 Å². The molecule has 4 heteroatoms. The molecule has 0 spiro atoms. The summed E-state index contributed by atoms with van der Waals surface area (Å²) in [5.41, 5.74) is 2.38. The molecule has 0 saturated heterocycles. The highest BCUT2D eigenvalue weighted by atomic mass is 79.9. The molecule has 0 fully saturated rings. The summed E-state index contributed by atoms with van der Waals surface area (Å²) in [6.45, 7) is 2.81. The van der Waals surface area contributed by atoms with Crippen molar-refractivity contribution in [1.29, 1.82) is 0 Å². The molecule has 3 nitrogen and oxygen atoms in total. The van der Waals surface area contributed by atoms with Crippen LogP contribution in [-0.4, -0.2) is 13.2 Å². The minimum atomic E-state index is 0.619. The van der Waals surface area contributed by atoms with Gasteiger partial charge in [0.1, 0.15) is 13.2 Å². The van der Waals surface area contributed by atoms with Crippen molar-refractivity contribution >= 4 is 15.9 Å². The fourth-order valence-electron chi connectivity index (χ4n) is 2.25. The fourth-order valence-corrected chi connectivity index (χ4v) is 2.67. The zero-order valence-corrected chi connectivity index (χ0v) is 12.7. The summed E-state index contributed by atoms with van der Waals surface area (Å²) in [4.78, 5) is 0. The predicted molar refractivity (Wildman–Crippen MR) is 82.1 cm³/mol. The molecule has 1 aliphatic rings. The molecule has 1 aliphatic heterocycles. The van der Waals surface area contributed by atoms with Crippen molar-refractivity contribution < 1.29 is 9.47 Å². The largest absolute Gasteiger partial charge is 0.486 e. The zero-order chi connectivity index (χ0) is 13.8. The number of hydrogen-bond donors (Lipinski definition) is 1. The Hall–Kier alpha value is -1.52. The van der Waals surface area contributed by atoms with E-state index in [2.05, 4.69) is 39.4 Å². The highest BCUT2D eigenvalue weighted by Crippen LogP contribution is 2.33. The van der Waals surface area contributed by atoms with Gasteiger partial charge in [-0.25, -0.2) is 0 Å². The van der Waals surface area contributed by atoms with Crippen LogP contribution in [0.5, 0.6) is 11.5 Å². The Bertz CT molecular complexity index is 601. The van der Waals surface area contributed by atoms with Crippen LogP contribution in [0.3, 0.4) is 0 Å². The van der Waals surface area contributed by atoms with Crippen molar-refractivity contribution in [3.63, 3.8) is 0 Å². The third-order valence-electron chi connectivity index (χ3n) is 3.24. The third-order valence-corrected chi connectivity index (χ3v) is 4.01. The van der Waals surface area contributed by atoms with Gasteiger partial charge in [0.15, 0.2) is 11.5 Å². The van der Waals surface area contributed by atoms with Gasteiger partial charge in [-0.1, -0.05) is 46.3 Å². The van der Waals surface area contributed by atoms with E-state index in [0.29, 0.717) is 13.2 Å². The molecule has 0 bridgehead atoms. The Balaban J connectivity index is 1.66. The number of benzene rings is 2. The number of rotatable bonds is 4. The average Bonchev–Trinajstić information content (AvgIpc) is 2.49. The van der Waals surface area contributed by atoms with Gasteiger partial charge in [0.25, 0.3) is 0 Å². The Morgan fingerprint density at radius 1 is 0.900 bits per heavy atom. The van der Waals surface area contributed by atoms with Crippen LogP contribution in [-0.2, 0) is 13.1 Å². The second-order valence-electron chi connectivity index (χ2n) is 4.64. The molecule has 1 N–H and O–H groups in total. The molecule has 0 atom stereocenters. The van der Waals surface area contributed by atoms with Gasteiger partial charge in [0.2, 0.25) is 0 Å². The molecule has 3 rings (SSSR count). The Morgan fingerprint density at radius 3 is 2.55 bits per heavy atom. The van der Waals surface area contributed by atoms with E-state index in [4.69, 9.17) is 9.47 Å². The van der Waals surface area contributed by atoms with Gasteiger partial charge in [-0.15, -0.1) is 0 Å². The second kappa shape index (κ2) is 6.29. The lowest BCUT2D eigenvalue weighted by Gasteiger charge is -2.21. The van der Waals surface area contributed by atoms with Crippen molar-refractivity contribution in [3.05, 3.63) is 58.1 Å². The van der Waals surface area contributed by atoms with Crippen LogP contribution in [0.4, 0.5) is 0 Å². The molecule has 20 heavy (non-hydrogen) atoms. The van der Waals surface area contributed by atoms with Gasteiger partial charge < -0.3 is 14.8 Å². The number of halogens is 1. The first-order valence-corrected chi connectivity index (χ1v) is 7.45. The van der Waals surface area contributed by atoms with E-state index in [1.54, 1.807) is 0 Å². The summed E-state index contributed by atoms with van der Waals surface area (Å²) < 4.78 is 12.4.